The Kier molecular flexibility index (Phi) is 6.05. The summed E-state index contributed by atoms with van der Waals surface area (Å²) >= 11 is 0. The Morgan fingerprint density at radius 3 is 2.53 bits per heavy atom. The zero-order chi connectivity index (χ0) is 8.84. The summed E-state index contributed by atoms with van der Waals surface area (Å²) in [5.74, 6) is 0.0580. The van der Waals surface area contributed by atoms with Crippen molar-refractivity contribution >= 4 is 22.6 Å². The molecule has 0 saturated heterocycles. The number of imidazole rings is 1. The largest absolute Gasteiger partial charge is 0.412 e. The minimum atomic E-state index is 0. The lowest BCUT2D eigenvalue weighted by Gasteiger charge is -1.96. The van der Waals surface area contributed by atoms with Gasteiger partial charge in [0.25, 0.3) is 0 Å². The van der Waals surface area contributed by atoms with Crippen molar-refractivity contribution in [1.82, 2.24) is 9.97 Å². The molecule has 0 fully saturated rings. The van der Waals surface area contributed by atoms with Crippen LogP contribution in [0.1, 0.15) is 5.56 Å². The SMILES string of the molecule is O.O.O.O.O=C1Cc2cc3[nH]cnc3cc2N1. The molecule has 0 unspecified atom stereocenters. The topological polar surface area (TPSA) is 184 Å². The van der Waals surface area contributed by atoms with Crippen LogP contribution in [0, 0.1) is 0 Å². The maximum Gasteiger partial charge on any atom is 0.228 e. The van der Waals surface area contributed by atoms with Crippen LogP contribution in [-0.4, -0.2) is 37.8 Å². The molecule has 0 saturated carbocycles. The van der Waals surface area contributed by atoms with Gasteiger partial charge in [0.05, 0.1) is 23.8 Å². The summed E-state index contributed by atoms with van der Waals surface area (Å²) in [6, 6.07) is 3.86. The predicted octanol–water partition coefficient (Wildman–Crippen LogP) is -2.24. The molecule has 96 valence electrons. The van der Waals surface area contributed by atoms with Crippen molar-refractivity contribution in [2.24, 2.45) is 0 Å². The van der Waals surface area contributed by atoms with Gasteiger partial charge in [-0.3, -0.25) is 4.79 Å². The number of aromatic amines is 1. The molecule has 1 aliphatic heterocycles. The van der Waals surface area contributed by atoms with Crippen LogP contribution in [0.15, 0.2) is 18.5 Å². The number of amides is 1. The second kappa shape index (κ2) is 5.92. The average molecular weight is 245 g/mol. The van der Waals surface area contributed by atoms with Gasteiger partial charge in [-0.2, -0.15) is 0 Å². The molecule has 0 aliphatic carbocycles. The summed E-state index contributed by atoms with van der Waals surface area (Å²) in [7, 11) is 0. The maximum atomic E-state index is 11.1. The molecule has 1 aromatic carbocycles. The first-order valence-electron chi connectivity index (χ1n) is 4.09. The first-order chi connectivity index (χ1) is 6.33. The van der Waals surface area contributed by atoms with Crippen LogP contribution in [0.5, 0.6) is 0 Å². The highest BCUT2D eigenvalue weighted by Crippen LogP contribution is 2.26. The highest BCUT2D eigenvalue weighted by molar-refractivity contribution is 6.01. The van der Waals surface area contributed by atoms with Gasteiger partial charge in [0, 0.05) is 5.69 Å². The fourth-order valence-corrected chi connectivity index (χ4v) is 1.66. The molecule has 2 heterocycles. The molecular formula is C9H15N3O5. The minimum absolute atomic E-state index is 0. The molecule has 10 N–H and O–H groups in total. The van der Waals surface area contributed by atoms with Crippen molar-refractivity contribution in [2.45, 2.75) is 6.42 Å². The molecule has 2 aromatic rings. The van der Waals surface area contributed by atoms with E-state index in [9.17, 15) is 4.79 Å². The first-order valence-corrected chi connectivity index (χ1v) is 4.09. The standard InChI is InChI=1S/C9H7N3O.4H2O/c13-9-2-5-1-7-8(11-4-10-7)3-6(5)12-9;;;;/h1,3-4H,2H2,(H,10,11)(H,12,13);4*1H2. The number of nitrogens with zero attached hydrogens (tertiary/aromatic N) is 1. The number of fused-ring (bicyclic) bond motifs is 2. The molecule has 8 heteroatoms. The van der Waals surface area contributed by atoms with Crippen molar-refractivity contribution in [2.75, 3.05) is 5.32 Å². The lowest BCUT2D eigenvalue weighted by molar-refractivity contribution is -0.115. The summed E-state index contributed by atoms with van der Waals surface area (Å²) in [6.07, 6.45) is 2.13. The Morgan fingerprint density at radius 2 is 1.82 bits per heavy atom. The number of rotatable bonds is 0. The molecule has 1 amide bonds. The second-order valence-corrected chi connectivity index (χ2v) is 3.15. The van der Waals surface area contributed by atoms with E-state index in [2.05, 4.69) is 15.3 Å². The van der Waals surface area contributed by atoms with Crippen LogP contribution in [0.2, 0.25) is 0 Å². The molecule has 17 heavy (non-hydrogen) atoms. The Hall–Kier alpha value is -2.00. The predicted molar refractivity (Wildman–Crippen MR) is 62.9 cm³/mol. The van der Waals surface area contributed by atoms with E-state index in [4.69, 9.17) is 0 Å². The summed E-state index contributed by atoms with van der Waals surface area (Å²) < 4.78 is 0. The summed E-state index contributed by atoms with van der Waals surface area (Å²) in [5.41, 5.74) is 3.81. The second-order valence-electron chi connectivity index (χ2n) is 3.15. The van der Waals surface area contributed by atoms with Gasteiger partial charge in [0.1, 0.15) is 0 Å². The van der Waals surface area contributed by atoms with Crippen LogP contribution in [0.3, 0.4) is 0 Å². The van der Waals surface area contributed by atoms with Gasteiger partial charge in [-0.15, -0.1) is 0 Å². The van der Waals surface area contributed by atoms with Crippen molar-refractivity contribution in [3.8, 4) is 0 Å². The summed E-state index contributed by atoms with van der Waals surface area (Å²) in [4.78, 5) is 18.2. The Labute approximate surface area is 95.9 Å². The number of aromatic nitrogens is 2. The third-order valence-electron chi connectivity index (χ3n) is 2.27. The van der Waals surface area contributed by atoms with Gasteiger partial charge in [-0.05, 0) is 17.7 Å². The fourth-order valence-electron chi connectivity index (χ4n) is 1.66. The average Bonchev–Trinajstić information content (AvgIpc) is 2.63. The minimum Gasteiger partial charge on any atom is -0.412 e. The van der Waals surface area contributed by atoms with Crippen molar-refractivity contribution in [3.63, 3.8) is 0 Å². The normalized spacial score (nSPS) is 11.2. The van der Waals surface area contributed by atoms with Crippen molar-refractivity contribution in [1.29, 1.82) is 0 Å². The van der Waals surface area contributed by atoms with E-state index in [0.717, 1.165) is 22.3 Å². The van der Waals surface area contributed by atoms with E-state index < -0.39 is 0 Å². The number of carbonyl (C=O) groups is 1. The summed E-state index contributed by atoms with van der Waals surface area (Å²) in [6.45, 7) is 0. The quantitative estimate of drug-likeness (QED) is 0.532. The van der Waals surface area contributed by atoms with E-state index >= 15 is 0 Å². The Morgan fingerprint density at radius 1 is 1.12 bits per heavy atom. The smallest absolute Gasteiger partial charge is 0.228 e. The van der Waals surface area contributed by atoms with E-state index in [0.29, 0.717) is 6.42 Å². The monoisotopic (exact) mass is 245 g/mol. The van der Waals surface area contributed by atoms with Crippen molar-refractivity contribution < 1.29 is 26.7 Å². The number of H-pyrrole nitrogens is 1. The molecule has 8 nitrogen and oxygen atoms in total. The van der Waals surface area contributed by atoms with Gasteiger partial charge in [-0.1, -0.05) is 0 Å². The van der Waals surface area contributed by atoms with E-state index in [1.165, 1.54) is 0 Å². The van der Waals surface area contributed by atoms with Gasteiger partial charge >= 0.3 is 0 Å². The number of nitrogens with one attached hydrogen (secondary N) is 2. The molecule has 0 spiro atoms. The Bertz CT molecular complexity index is 468. The van der Waals surface area contributed by atoms with Gasteiger partial charge < -0.3 is 32.2 Å². The highest BCUT2D eigenvalue weighted by Gasteiger charge is 2.18. The first kappa shape index (κ1) is 17.4. The maximum absolute atomic E-state index is 11.1. The number of hydrogen-bond donors (Lipinski definition) is 2. The lowest BCUT2D eigenvalue weighted by atomic mass is 10.1. The number of carbonyl (C=O) groups excluding carboxylic acids is 1. The molecular weight excluding hydrogens is 230 g/mol. The molecule has 1 aliphatic rings. The molecule has 3 rings (SSSR count). The molecule has 1 aromatic heterocycles. The highest BCUT2D eigenvalue weighted by atomic mass is 16.1. The van der Waals surface area contributed by atoms with E-state index in [1.807, 2.05) is 12.1 Å². The summed E-state index contributed by atoms with van der Waals surface area (Å²) in [5, 5.41) is 2.79. The Balaban J connectivity index is 0. The number of benzene rings is 1. The van der Waals surface area contributed by atoms with Crippen LogP contribution in [0.25, 0.3) is 11.0 Å². The van der Waals surface area contributed by atoms with Crippen LogP contribution >= 0.6 is 0 Å². The molecule has 0 radical (unpaired) electrons. The number of hydrogen-bond acceptors (Lipinski definition) is 2. The zero-order valence-electron chi connectivity index (χ0n) is 8.79. The lowest BCUT2D eigenvalue weighted by Crippen LogP contribution is -2.03. The fraction of sp³-hybridized carbons (Fsp3) is 0.111. The third-order valence-corrected chi connectivity index (χ3v) is 2.27. The zero-order valence-corrected chi connectivity index (χ0v) is 8.79. The van der Waals surface area contributed by atoms with E-state index in [1.54, 1.807) is 6.33 Å². The van der Waals surface area contributed by atoms with Gasteiger partial charge in [-0.25, -0.2) is 4.98 Å². The van der Waals surface area contributed by atoms with Gasteiger partial charge in [0.2, 0.25) is 5.91 Å². The van der Waals surface area contributed by atoms with Crippen LogP contribution in [-0.2, 0) is 11.2 Å². The van der Waals surface area contributed by atoms with Crippen LogP contribution in [0.4, 0.5) is 5.69 Å². The number of anilines is 1. The van der Waals surface area contributed by atoms with Crippen LogP contribution < -0.4 is 5.32 Å². The molecule has 0 bridgehead atoms. The third kappa shape index (κ3) is 2.57. The van der Waals surface area contributed by atoms with Crippen molar-refractivity contribution in [3.05, 3.63) is 24.0 Å². The molecule has 0 atom stereocenters. The van der Waals surface area contributed by atoms with Gasteiger partial charge in [0.15, 0.2) is 0 Å². The van der Waals surface area contributed by atoms with E-state index in [-0.39, 0.29) is 27.8 Å².